The van der Waals surface area contributed by atoms with Gasteiger partial charge >= 0.3 is 10.1 Å². The number of rotatable bonds is 13. The van der Waals surface area contributed by atoms with Gasteiger partial charge in [0.25, 0.3) is 0 Å². The van der Waals surface area contributed by atoms with Gasteiger partial charge in [-0.2, -0.15) is 8.42 Å². The lowest BCUT2D eigenvalue weighted by Crippen LogP contribution is -2.18. The molecule has 3 rings (SSSR count). The normalized spacial score (nSPS) is 12.2. The molecule has 0 aliphatic carbocycles. The van der Waals surface area contributed by atoms with E-state index in [-0.39, 0.29) is 21.9 Å². The molecule has 9 heteroatoms. The molecule has 0 amide bonds. The van der Waals surface area contributed by atoms with Gasteiger partial charge in [-0.05, 0) is 77.9 Å². The number of hydrogen-bond donors (Lipinski definition) is 1. The summed E-state index contributed by atoms with van der Waals surface area (Å²) in [7, 11) is -3.55. The van der Waals surface area contributed by atoms with Crippen molar-refractivity contribution in [3.63, 3.8) is 0 Å². The Bertz CT molecular complexity index is 1210. The third kappa shape index (κ3) is 9.79. The third-order valence-electron chi connectivity index (χ3n) is 5.29. The predicted molar refractivity (Wildman–Crippen MR) is 148 cm³/mol. The molecule has 1 atom stereocenters. The molecule has 3 aromatic rings. The van der Waals surface area contributed by atoms with E-state index in [1.165, 1.54) is 11.8 Å². The lowest BCUT2D eigenvalue weighted by molar-refractivity contribution is -0.110. The zero-order valence-electron chi connectivity index (χ0n) is 20.3. The van der Waals surface area contributed by atoms with Gasteiger partial charge in [0.2, 0.25) is 5.12 Å². The van der Waals surface area contributed by atoms with E-state index < -0.39 is 10.1 Å². The number of thioether (sulfide) groups is 2. The van der Waals surface area contributed by atoms with Crippen molar-refractivity contribution in [1.82, 2.24) is 0 Å². The summed E-state index contributed by atoms with van der Waals surface area (Å²) in [6.07, 6.45) is 5.07. The second kappa shape index (κ2) is 13.6. The Morgan fingerprint density at radius 1 is 0.861 bits per heavy atom. The Morgan fingerprint density at radius 2 is 1.42 bits per heavy atom. The van der Waals surface area contributed by atoms with Crippen LogP contribution in [0, 0.1) is 0 Å². The molecular formula is C27H30O6S3. The average molecular weight is 547 g/mol. The Labute approximate surface area is 221 Å². The van der Waals surface area contributed by atoms with Crippen LogP contribution in [-0.2, 0) is 34.2 Å². The van der Waals surface area contributed by atoms with Gasteiger partial charge in [0.05, 0.1) is 18.1 Å². The first kappa shape index (κ1) is 28.0. The van der Waals surface area contributed by atoms with Crippen LogP contribution in [0.2, 0.25) is 0 Å². The van der Waals surface area contributed by atoms with Crippen molar-refractivity contribution in [2.75, 3.05) is 24.9 Å². The summed E-state index contributed by atoms with van der Waals surface area (Å²) in [5.41, 5.74) is 3.38. The van der Waals surface area contributed by atoms with Crippen molar-refractivity contribution in [2.45, 2.75) is 24.5 Å². The number of phenols is 1. The highest BCUT2D eigenvalue weighted by atomic mass is 32.2. The zero-order valence-corrected chi connectivity index (χ0v) is 22.7. The maximum Gasteiger partial charge on any atom is 0.306 e. The fraction of sp³-hybridized carbons (Fsp3) is 0.296. The van der Waals surface area contributed by atoms with Crippen molar-refractivity contribution in [1.29, 1.82) is 0 Å². The quantitative estimate of drug-likeness (QED) is 0.295. The maximum atomic E-state index is 12.5. The van der Waals surface area contributed by atoms with Crippen LogP contribution in [0.25, 0.3) is 0 Å². The van der Waals surface area contributed by atoms with Crippen molar-refractivity contribution in [2.24, 2.45) is 0 Å². The molecule has 0 heterocycles. The first-order valence-electron chi connectivity index (χ1n) is 11.4. The van der Waals surface area contributed by atoms with Crippen LogP contribution in [0.3, 0.4) is 0 Å². The number of aryl methyl sites for hydroxylation is 1. The number of hydrogen-bond acceptors (Lipinski definition) is 8. The average Bonchev–Trinajstić information content (AvgIpc) is 2.85. The molecule has 6 nitrogen and oxygen atoms in total. The highest BCUT2D eigenvalue weighted by Gasteiger charge is 2.18. The Morgan fingerprint density at radius 3 is 2.03 bits per heavy atom. The van der Waals surface area contributed by atoms with Crippen LogP contribution in [0.4, 0.5) is 0 Å². The first-order chi connectivity index (χ1) is 17.2. The number of aromatic hydroxyl groups is 1. The van der Waals surface area contributed by atoms with Crippen LogP contribution in [0.1, 0.15) is 16.7 Å². The fourth-order valence-corrected chi connectivity index (χ4v) is 5.82. The molecule has 0 saturated heterocycles. The number of benzene rings is 3. The minimum Gasteiger partial charge on any atom is -0.508 e. The van der Waals surface area contributed by atoms with Gasteiger partial charge in [-0.15, -0.1) is 11.8 Å². The monoisotopic (exact) mass is 546 g/mol. The number of ether oxygens (including phenoxy) is 1. The Balaban J connectivity index is 1.46. The molecule has 0 bridgehead atoms. The SMILES string of the molecule is CSC(=O)[C@@H](Cc1ccc(CCOc2ccc(OS(C)(=O)=O)cc2)cc1)SCCc1ccc(O)cc1. The topological polar surface area (TPSA) is 89.9 Å². The standard InChI is InChI=1S/C27H30O6S3/c1-34-27(29)26(35-18-16-21-7-9-23(28)10-8-21)19-22-5-3-20(4-6-22)15-17-32-24-11-13-25(14-12-24)33-36(2,30)31/h3-14,26,28H,15-19H2,1-2H3/t26-/m1/s1. The van der Waals surface area contributed by atoms with Gasteiger partial charge in [0.15, 0.2) is 0 Å². The van der Waals surface area contributed by atoms with E-state index >= 15 is 0 Å². The molecule has 0 aromatic heterocycles. The fourth-order valence-electron chi connectivity index (χ4n) is 3.43. The summed E-state index contributed by atoms with van der Waals surface area (Å²) >= 11 is 2.94. The van der Waals surface area contributed by atoms with Gasteiger partial charge in [0, 0.05) is 6.42 Å². The largest absolute Gasteiger partial charge is 0.508 e. The molecule has 0 fully saturated rings. The molecule has 0 saturated carbocycles. The number of carbonyl (C=O) groups excluding carboxylic acids is 1. The van der Waals surface area contributed by atoms with Crippen molar-refractivity contribution >= 4 is 38.8 Å². The maximum absolute atomic E-state index is 12.5. The van der Waals surface area contributed by atoms with E-state index in [9.17, 15) is 18.3 Å². The Hall–Kier alpha value is -2.62. The molecule has 192 valence electrons. The van der Waals surface area contributed by atoms with Crippen LogP contribution in [-0.4, -0.2) is 48.8 Å². The molecule has 0 radical (unpaired) electrons. The van der Waals surface area contributed by atoms with E-state index in [0.29, 0.717) is 18.8 Å². The molecule has 0 aliphatic heterocycles. The highest BCUT2D eigenvalue weighted by molar-refractivity contribution is 8.15. The molecule has 3 aromatic carbocycles. The van der Waals surface area contributed by atoms with E-state index in [1.807, 2.05) is 18.4 Å². The van der Waals surface area contributed by atoms with E-state index in [4.69, 9.17) is 8.92 Å². The zero-order chi connectivity index (χ0) is 26.0. The predicted octanol–water partition coefficient (Wildman–Crippen LogP) is 5.13. The van der Waals surface area contributed by atoms with Crippen LogP contribution >= 0.6 is 23.5 Å². The third-order valence-corrected chi connectivity index (χ3v) is 7.84. The van der Waals surface area contributed by atoms with Gasteiger partial charge < -0.3 is 14.0 Å². The summed E-state index contributed by atoms with van der Waals surface area (Å²) in [5.74, 6) is 1.97. The van der Waals surface area contributed by atoms with Crippen LogP contribution < -0.4 is 8.92 Å². The van der Waals surface area contributed by atoms with Crippen LogP contribution in [0.15, 0.2) is 72.8 Å². The number of carbonyl (C=O) groups is 1. The number of phenolic OH excluding ortho intramolecular Hbond substituents is 1. The molecule has 0 spiro atoms. The van der Waals surface area contributed by atoms with Crippen molar-refractivity contribution in [3.8, 4) is 17.2 Å². The smallest absolute Gasteiger partial charge is 0.306 e. The summed E-state index contributed by atoms with van der Waals surface area (Å²) in [6.45, 7) is 0.478. The molecule has 36 heavy (non-hydrogen) atoms. The highest BCUT2D eigenvalue weighted by Crippen LogP contribution is 2.24. The van der Waals surface area contributed by atoms with E-state index in [1.54, 1.807) is 48.2 Å². The molecule has 1 N–H and O–H groups in total. The minimum atomic E-state index is -3.55. The van der Waals surface area contributed by atoms with Crippen molar-refractivity contribution < 1.29 is 27.2 Å². The second-order valence-corrected chi connectivity index (χ2v) is 11.9. The summed E-state index contributed by atoms with van der Waals surface area (Å²) in [5, 5.41) is 9.48. The summed E-state index contributed by atoms with van der Waals surface area (Å²) < 4.78 is 32.9. The van der Waals surface area contributed by atoms with Gasteiger partial charge in [-0.1, -0.05) is 48.2 Å². The lowest BCUT2D eigenvalue weighted by atomic mass is 10.1. The van der Waals surface area contributed by atoms with Crippen LogP contribution in [0.5, 0.6) is 17.2 Å². The second-order valence-electron chi connectivity index (χ2n) is 8.18. The van der Waals surface area contributed by atoms with Gasteiger partial charge in [-0.25, -0.2) is 0 Å². The summed E-state index contributed by atoms with van der Waals surface area (Å²) in [6, 6.07) is 21.9. The molecule has 0 unspecified atom stereocenters. The van der Waals surface area contributed by atoms with E-state index in [2.05, 4.69) is 24.3 Å². The summed E-state index contributed by atoms with van der Waals surface area (Å²) in [4.78, 5) is 12.5. The Kier molecular flexibility index (Phi) is 10.6. The molecular weight excluding hydrogens is 516 g/mol. The van der Waals surface area contributed by atoms with Crippen molar-refractivity contribution in [3.05, 3.63) is 89.5 Å². The lowest BCUT2D eigenvalue weighted by Gasteiger charge is -2.15. The molecule has 0 aliphatic rings. The first-order valence-corrected chi connectivity index (χ1v) is 15.5. The van der Waals surface area contributed by atoms with Gasteiger partial charge in [-0.3, -0.25) is 4.79 Å². The minimum absolute atomic E-state index is 0.110. The van der Waals surface area contributed by atoms with E-state index in [0.717, 1.165) is 41.5 Å². The van der Waals surface area contributed by atoms with Gasteiger partial charge in [0.1, 0.15) is 17.2 Å².